The molecule has 0 radical (unpaired) electrons. The van der Waals surface area contributed by atoms with E-state index in [9.17, 15) is 4.79 Å². The minimum absolute atomic E-state index is 0.191. The van der Waals surface area contributed by atoms with Crippen molar-refractivity contribution in [3.05, 3.63) is 72.1 Å². The first kappa shape index (κ1) is 20.3. The predicted octanol–water partition coefficient (Wildman–Crippen LogP) is 5.24. The number of benzene rings is 2. The van der Waals surface area contributed by atoms with E-state index >= 15 is 0 Å². The van der Waals surface area contributed by atoms with E-state index in [0.717, 1.165) is 30.7 Å². The number of aryl methyl sites for hydroxylation is 1. The zero-order valence-corrected chi connectivity index (χ0v) is 16.8. The van der Waals surface area contributed by atoms with E-state index in [0.29, 0.717) is 29.6 Å². The Balaban J connectivity index is 1.75. The molecule has 1 heterocycles. The Labute approximate surface area is 171 Å². The lowest BCUT2D eigenvalue weighted by Crippen LogP contribution is -2.26. The third-order valence-corrected chi connectivity index (χ3v) is 4.26. The maximum absolute atomic E-state index is 12.4. The molecule has 3 rings (SSSR count). The van der Waals surface area contributed by atoms with Gasteiger partial charge in [0, 0.05) is 12.2 Å². The van der Waals surface area contributed by atoms with E-state index in [1.807, 2.05) is 61.5 Å². The summed E-state index contributed by atoms with van der Waals surface area (Å²) in [7, 11) is 0. The summed E-state index contributed by atoms with van der Waals surface area (Å²) in [5.41, 5.74) is 1.77. The Morgan fingerprint density at radius 3 is 2.55 bits per heavy atom. The summed E-state index contributed by atoms with van der Waals surface area (Å²) in [4.78, 5) is 21.2. The van der Waals surface area contributed by atoms with Crippen molar-refractivity contribution in [2.75, 3.05) is 11.9 Å². The molecule has 0 spiro atoms. The Hall–Kier alpha value is -3.41. The largest absolute Gasteiger partial charge is 0.455 e. The molecule has 150 valence electrons. The molecule has 6 heteroatoms. The van der Waals surface area contributed by atoms with Gasteiger partial charge in [0.05, 0.1) is 5.69 Å². The number of hydrogen-bond acceptors (Lipinski definition) is 5. The normalized spacial score (nSPS) is 10.4. The van der Waals surface area contributed by atoms with Gasteiger partial charge in [0.2, 0.25) is 5.95 Å². The Kier molecular flexibility index (Phi) is 7.16. The molecule has 0 aliphatic heterocycles. The summed E-state index contributed by atoms with van der Waals surface area (Å²) in [6.07, 6.45) is 3.16. The molecule has 6 nitrogen and oxygen atoms in total. The van der Waals surface area contributed by atoms with Crippen LogP contribution in [0.4, 0.5) is 11.6 Å². The number of anilines is 2. The van der Waals surface area contributed by atoms with Crippen LogP contribution in [0.2, 0.25) is 0 Å². The van der Waals surface area contributed by atoms with Gasteiger partial charge in [-0.1, -0.05) is 50.1 Å². The van der Waals surface area contributed by atoms with E-state index < -0.39 is 0 Å². The van der Waals surface area contributed by atoms with E-state index in [4.69, 9.17) is 4.74 Å². The van der Waals surface area contributed by atoms with Gasteiger partial charge in [0.25, 0.3) is 5.91 Å². The van der Waals surface area contributed by atoms with E-state index in [1.165, 1.54) is 0 Å². The number of unbranched alkanes of at least 4 members (excludes halogenated alkanes) is 2. The quantitative estimate of drug-likeness (QED) is 0.489. The van der Waals surface area contributed by atoms with Crippen LogP contribution in [-0.2, 0) is 0 Å². The summed E-state index contributed by atoms with van der Waals surface area (Å²) in [6.45, 7) is 4.62. The SMILES string of the molecule is CCCCCNC(=O)c1cc(C)nc(Nc2ccccc2Oc2ccccc2)n1. The van der Waals surface area contributed by atoms with Gasteiger partial charge in [-0.3, -0.25) is 4.79 Å². The summed E-state index contributed by atoms with van der Waals surface area (Å²) in [5.74, 6) is 1.55. The highest BCUT2D eigenvalue weighted by atomic mass is 16.5. The van der Waals surface area contributed by atoms with Crippen molar-refractivity contribution in [2.24, 2.45) is 0 Å². The molecule has 1 aromatic heterocycles. The first-order valence-corrected chi connectivity index (χ1v) is 9.88. The number of nitrogens with one attached hydrogen (secondary N) is 2. The lowest BCUT2D eigenvalue weighted by atomic mass is 10.2. The van der Waals surface area contributed by atoms with Gasteiger partial charge in [0.1, 0.15) is 11.4 Å². The summed E-state index contributed by atoms with van der Waals surface area (Å²) < 4.78 is 5.97. The number of rotatable bonds is 9. The van der Waals surface area contributed by atoms with Gasteiger partial charge < -0.3 is 15.4 Å². The van der Waals surface area contributed by atoms with Crippen LogP contribution < -0.4 is 15.4 Å². The molecular weight excluding hydrogens is 364 g/mol. The van der Waals surface area contributed by atoms with Crippen LogP contribution in [0, 0.1) is 6.92 Å². The Bertz CT molecular complexity index is 945. The maximum Gasteiger partial charge on any atom is 0.270 e. The van der Waals surface area contributed by atoms with Crippen LogP contribution in [0.25, 0.3) is 0 Å². The second-order valence-electron chi connectivity index (χ2n) is 6.72. The Morgan fingerprint density at radius 2 is 1.76 bits per heavy atom. The summed E-state index contributed by atoms with van der Waals surface area (Å²) >= 11 is 0. The lowest BCUT2D eigenvalue weighted by Gasteiger charge is -2.13. The number of aromatic nitrogens is 2. The molecule has 0 bridgehead atoms. The number of amides is 1. The number of carbonyl (C=O) groups excluding carboxylic acids is 1. The average molecular weight is 390 g/mol. The minimum atomic E-state index is -0.191. The molecule has 0 unspecified atom stereocenters. The number of nitrogens with zero attached hydrogens (tertiary/aromatic N) is 2. The zero-order chi connectivity index (χ0) is 20.5. The van der Waals surface area contributed by atoms with Crippen LogP contribution in [0.1, 0.15) is 42.4 Å². The maximum atomic E-state index is 12.4. The highest BCUT2D eigenvalue weighted by Crippen LogP contribution is 2.30. The van der Waals surface area contributed by atoms with Crippen LogP contribution in [0.3, 0.4) is 0 Å². The first-order chi connectivity index (χ1) is 14.2. The van der Waals surface area contributed by atoms with Crippen molar-refractivity contribution in [1.29, 1.82) is 0 Å². The van der Waals surface area contributed by atoms with Gasteiger partial charge >= 0.3 is 0 Å². The standard InChI is InChI=1S/C23H26N4O2/c1-3-4-10-15-24-22(28)20-16-17(2)25-23(27-20)26-19-13-8-9-14-21(19)29-18-11-6-5-7-12-18/h5-9,11-14,16H,3-4,10,15H2,1-2H3,(H,24,28)(H,25,26,27). The highest BCUT2D eigenvalue weighted by molar-refractivity contribution is 5.92. The molecule has 0 atom stereocenters. The fraction of sp³-hybridized carbons (Fsp3) is 0.261. The molecule has 0 aliphatic rings. The van der Waals surface area contributed by atoms with E-state index in [2.05, 4.69) is 27.5 Å². The molecule has 0 fully saturated rings. The zero-order valence-electron chi connectivity index (χ0n) is 16.8. The van der Waals surface area contributed by atoms with Gasteiger partial charge in [-0.15, -0.1) is 0 Å². The monoisotopic (exact) mass is 390 g/mol. The number of carbonyl (C=O) groups is 1. The smallest absolute Gasteiger partial charge is 0.270 e. The summed E-state index contributed by atoms with van der Waals surface area (Å²) in [5, 5.41) is 6.09. The third kappa shape index (κ3) is 6.04. The third-order valence-electron chi connectivity index (χ3n) is 4.26. The fourth-order valence-electron chi connectivity index (χ4n) is 2.80. The van der Waals surface area contributed by atoms with Crippen molar-refractivity contribution in [1.82, 2.24) is 15.3 Å². The molecule has 3 aromatic rings. The molecule has 2 N–H and O–H groups in total. The molecule has 0 saturated carbocycles. The van der Waals surface area contributed by atoms with Crippen molar-refractivity contribution in [3.63, 3.8) is 0 Å². The first-order valence-electron chi connectivity index (χ1n) is 9.88. The second-order valence-corrected chi connectivity index (χ2v) is 6.72. The van der Waals surface area contributed by atoms with Gasteiger partial charge in [-0.2, -0.15) is 0 Å². The Morgan fingerprint density at radius 1 is 1.00 bits per heavy atom. The van der Waals surface area contributed by atoms with E-state index in [-0.39, 0.29) is 5.91 Å². The molecule has 0 saturated heterocycles. The fourth-order valence-corrected chi connectivity index (χ4v) is 2.80. The van der Waals surface area contributed by atoms with Crippen LogP contribution in [0.15, 0.2) is 60.7 Å². The number of ether oxygens (including phenoxy) is 1. The lowest BCUT2D eigenvalue weighted by molar-refractivity contribution is 0.0948. The van der Waals surface area contributed by atoms with Gasteiger partial charge in [-0.05, 0) is 43.7 Å². The predicted molar refractivity (Wildman–Crippen MR) is 115 cm³/mol. The summed E-state index contributed by atoms with van der Waals surface area (Å²) in [6, 6.07) is 18.8. The van der Waals surface area contributed by atoms with Crippen LogP contribution >= 0.6 is 0 Å². The van der Waals surface area contributed by atoms with Crippen molar-refractivity contribution >= 4 is 17.5 Å². The molecule has 29 heavy (non-hydrogen) atoms. The molecular formula is C23H26N4O2. The average Bonchev–Trinajstić information content (AvgIpc) is 2.73. The van der Waals surface area contributed by atoms with Crippen LogP contribution in [0.5, 0.6) is 11.5 Å². The molecule has 1 amide bonds. The molecule has 0 aliphatic carbocycles. The topological polar surface area (TPSA) is 76.1 Å². The van der Waals surface area contributed by atoms with Crippen LogP contribution in [-0.4, -0.2) is 22.4 Å². The van der Waals surface area contributed by atoms with E-state index in [1.54, 1.807) is 6.07 Å². The van der Waals surface area contributed by atoms with Crippen molar-refractivity contribution in [3.8, 4) is 11.5 Å². The van der Waals surface area contributed by atoms with Gasteiger partial charge in [0.15, 0.2) is 5.75 Å². The van der Waals surface area contributed by atoms with Gasteiger partial charge in [-0.25, -0.2) is 9.97 Å². The van der Waals surface area contributed by atoms with Crippen molar-refractivity contribution in [2.45, 2.75) is 33.1 Å². The molecule has 2 aromatic carbocycles. The number of para-hydroxylation sites is 3. The minimum Gasteiger partial charge on any atom is -0.455 e. The number of hydrogen-bond donors (Lipinski definition) is 2. The highest BCUT2D eigenvalue weighted by Gasteiger charge is 2.12. The second kappa shape index (κ2) is 10.2. The van der Waals surface area contributed by atoms with Crippen molar-refractivity contribution < 1.29 is 9.53 Å².